The molecule has 0 aliphatic heterocycles. The molecule has 0 bridgehead atoms. The Morgan fingerprint density at radius 3 is 1.46 bits per heavy atom. The minimum Gasteiger partial charge on any atom is -1.00 e. The summed E-state index contributed by atoms with van der Waals surface area (Å²) in [6, 6.07) is 33.4. The summed E-state index contributed by atoms with van der Waals surface area (Å²) in [5, 5.41) is 4.38. The molecule has 3 aromatic carbocycles. The summed E-state index contributed by atoms with van der Waals surface area (Å²) in [5.41, 5.74) is 1.52. The molecular weight excluding hydrogens is 423 g/mol. The van der Waals surface area contributed by atoms with Gasteiger partial charge in [0.05, 0.1) is 6.16 Å². The molecule has 0 spiro atoms. The van der Waals surface area contributed by atoms with Crippen LogP contribution in [0.3, 0.4) is 0 Å². The molecule has 0 atom stereocenters. The molecule has 0 fully saturated rings. The molecule has 3 rings (SSSR count). The van der Waals surface area contributed by atoms with E-state index in [1.807, 2.05) is 0 Å². The molecule has 3 aromatic rings. The van der Waals surface area contributed by atoms with E-state index in [-0.39, 0.29) is 17.0 Å². The SMILES string of the molecule is CCCC/C(C)=C/C[P+](c1ccccc1)(c1ccccc1)c1ccccc1.[Br-]. The molecule has 0 unspecified atom stereocenters. The van der Waals surface area contributed by atoms with Crippen LogP contribution in [0.1, 0.15) is 33.1 Å². The highest BCUT2D eigenvalue weighted by molar-refractivity contribution is 7.95. The minimum atomic E-state index is -1.72. The molecule has 146 valence electrons. The summed E-state index contributed by atoms with van der Waals surface area (Å²) in [4.78, 5) is 0. The zero-order valence-corrected chi connectivity index (χ0v) is 19.4. The second-order valence-electron chi connectivity index (χ2n) is 7.15. The largest absolute Gasteiger partial charge is 1.00 e. The van der Waals surface area contributed by atoms with Crippen molar-refractivity contribution >= 4 is 23.2 Å². The average molecular weight is 453 g/mol. The highest BCUT2D eigenvalue weighted by Gasteiger charge is 2.44. The highest BCUT2D eigenvalue weighted by Crippen LogP contribution is 2.55. The van der Waals surface area contributed by atoms with Gasteiger partial charge >= 0.3 is 0 Å². The first-order valence-electron chi connectivity index (χ1n) is 9.98. The fraction of sp³-hybridized carbons (Fsp3) is 0.231. The van der Waals surface area contributed by atoms with Crippen molar-refractivity contribution in [3.8, 4) is 0 Å². The molecule has 0 N–H and O–H groups in total. The molecule has 28 heavy (non-hydrogen) atoms. The summed E-state index contributed by atoms with van der Waals surface area (Å²) >= 11 is 0. The van der Waals surface area contributed by atoms with Gasteiger partial charge in [0.15, 0.2) is 0 Å². The number of halogens is 1. The standard InChI is InChI=1S/C26H30P.BrH/c1-3-4-14-23(2)21-22-27(24-15-8-5-9-16-24,25-17-10-6-11-18-25)26-19-12-7-13-20-26;/h5-13,15-21H,3-4,14,22H2,1-2H3;1H/q+1;/p-1/b23-21+;. The predicted molar refractivity (Wildman–Crippen MR) is 123 cm³/mol. The van der Waals surface area contributed by atoms with Gasteiger partial charge in [-0.2, -0.15) is 0 Å². The summed E-state index contributed by atoms with van der Waals surface area (Å²) in [6.07, 6.45) is 7.32. The molecule has 0 aliphatic rings. The lowest BCUT2D eigenvalue weighted by Gasteiger charge is -2.27. The predicted octanol–water partition coefficient (Wildman–Crippen LogP) is 3.12. The van der Waals surface area contributed by atoms with E-state index < -0.39 is 7.26 Å². The van der Waals surface area contributed by atoms with Gasteiger partial charge in [0.2, 0.25) is 0 Å². The fourth-order valence-electron chi connectivity index (χ4n) is 3.66. The van der Waals surface area contributed by atoms with Gasteiger partial charge in [-0.1, -0.05) is 73.5 Å². The normalized spacial score (nSPS) is 11.7. The van der Waals surface area contributed by atoms with Crippen molar-refractivity contribution in [2.75, 3.05) is 6.16 Å². The molecule has 0 heterocycles. The molecule has 0 radical (unpaired) electrons. The molecule has 0 aromatic heterocycles. The third kappa shape index (κ3) is 5.22. The zero-order valence-electron chi connectivity index (χ0n) is 16.9. The van der Waals surface area contributed by atoms with Crippen molar-refractivity contribution in [3.63, 3.8) is 0 Å². The quantitative estimate of drug-likeness (QED) is 0.363. The number of hydrogen-bond donors (Lipinski definition) is 0. The number of rotatable bonds is 8. The topological polar surface area (TPSA) is 0 Å². The Balaban J connectivity index is 0.00000280. The first kappa shape index (κ1) is 22.6. The van der Waals surface area contributed by atoms with Crippen LogP contribution >= 0.6 is 7.26 Å². The molecule has 0 nitrogen and oxygen atoms in total. The van der Waals surface area contributed by atoms with Crippen molar-refractivity contribution in [1.82, 2.24) is 0 Å². The van der Waals surface area contributed by atoms with Gasteiger partial charge in [-0.25, -0.2) is 0 Å². The van der Waals surface area contributed by atoms with Gasteiger partial charge in [0.25, 0.3) is 0 Å². The van der Waals surface area contributed by atoms with Crippen LogP contribution in [0.5, 0.6) is 0 Å². The zero-order chi connectivity index (χ0) is 19.0. The van der Waals surface area contributed by atoms with Crippen LogP contribution in [-0.2, 0) is 0 Å². The number of allylic oxidation sites excluding steroid dienone is 2. The third-order valence-corrected chi connectivity index (χ3v) is 9.50. The summed E-state index contributed by atoms with van der Waals surface area (Å²) in [5.74, 6) is 0. The monoisotopic (exact) mass is 452 g/mol. The first-order valence-corrected chi connectivity index (χ1v) is 12.0. The number of hydrogen-bond acceptors (Lipinski definition) is 0. The number of benzene rings is 3. The average Bonchev–Trinajstić information content (AvgIpc) is 2.75. The van der Waals surface area contributed by atoms with E-state index in [0.29, 0.717) is 0 Å². The number of unbranched alkanes of at least 4 members (excludes halogenated alkanes) is 1. The fourth-order valence-corrected chi connectivity index (χ4v) is 7.82. The van der Waals surface area contributed by atoms with Gasteiger partial charge in [-0.05, 0) is 62.2 Å². The van der Waals surface area contributed by atoms with Crippen LogP contribution < -0.4 is 32.9 Å². The van der Waals surface area contributed by atoms with Crippen molar-refractivity contribution < 1.29 is 17.0 Å². The van der Waals surface area contributed by atoms with Crippen LogP contribution in [0, 0.1) is 0 Å². The Labute approximate surface area is 181 Å². The van der Waals surface area contributed by atoms with E-state index >= 15 is 0 Å². The first-order chi connectivity index (χ1) is 13.3. The molecule has 2 heteroatoms. The second kappa shape index (κ2) is 11.3. The Morgan fingerprint density at radius 1 is 0.714 bits per heavy atom. The molecular formula is C26H30BrP. The van der Waals surface area contributed by atoms with Gasteiger partial charge in [0, 0.05) is 0 Å². The van der Waals surface area contributed by atoms with E-state index in [0.717, 1.165) is 6.16 Å². The van der Waals surface area contributed by atoms with E-state index in [1.54, 1.807) is 0 Å². The minimum absolute atomic E-state index is 0. The van der Waals surface area contributed by atoms with Gasteiger partial charge in [-0.3, -0.25) is 0 Å². The molecule has 0 saturated heterocycles. The molecule has 0 amide bonds. The summed E-state index contributed by atoms with van der Waals surface area (Å²) in [6.45, 7) is 4.56. The maximum Gasteiger partial charge on any atom is 0.115 e. The van der Waals surface area contributed by atoms with Gasteiger partial charge in [0.1, 0.15) is 23.2 Å². The van der Waals surface area contributed by atoms with Crippen LogP contribution in [0.25, 0.3) is 0 Å². The van der Waals surface area contributed by atoms with E-state index in [4.69, 9.17) is 0 Å². The van der Waals surface area contributed by atoms with Crippen LogP contribution in [0.2, 0.25) is 0 Å². The Hall–Kier alpha value is -1.69. The van der Waals surface area contributed by atoms with Crippen molar-refractivity contribution in [2.24, 2.45) is 0 Å². The Morgan fingerprint density at radius 2 is 1.11 bits per heavy atom. The Bertz CT molecular complexity index is 745. The van der Waals surface area contributed by atoms with Crippen LogP contribution in [0.4, 0.5) is 0 Å². The lowest BCUT2D eigenvalue weighted by atomic mass is 10.1. The van der Waals surface area contributed by atoms with Crippen molar-refractivity contribution in [3.05, 3.63) is 103 Å². The van der Waals surface area contributed by atoms with E-state index in [1.165, 1.54) is 40.7 Å². The van der Waals surface area contributed by atoms with E-state index in [9.17, 15) is 0 Å². The van der Waals surface area contributed by atoms with Crippen molar-refractivity contribution in [2.45, 2.75) is 33.1 Å². The van der Waals surface area contributed by atoms with E-state index in [2.05, 4.69) is 111 Å². The lowest BCUT2D eigenvalue weighted by Crippen LogP contribution is -3.00. The molecule has 0 saturated carbocycles. The van der Waals surface area contributed by atoms with Gasteiger partial charge < -0.3 is 17.0 Å². The van der Waals surface area contributed by atoms with Gasteiger partial charge in [-0.15, -0.1) is 0 Å². The lowest BCUT2D eigenvalue weighted by molar-refractivity contribution is -0.00000546. The highest BCUT2D eigenvalue weighted by atomic mass is 79.9. The Kier molecular flexibility index (Phi) is 9.16. The third-order valence-electron chi connectivity index (χ3n) is 5.23. The maximum absolute atomic E-state index is 2.51. The summed E-state index contributed by atoms with van der Waals surface area (Å²) in [7, 11) is -1.72. The smallest absolute Gasteiger partial charge is 0.115 e. The maximum atomic E-state index is 2.51. The van der Waals surface area contributed by atoms with Crippen molar-refractivity contribution in [1.29, 1.82) is 0 Å². The summed E-state index contributed by atoms with van der Waals surface area (Å²) < 4.78 is 0. The van der Waals surface area contributed by atoms with Crippen LogP contribution in [-0.4, -0.2) is 6.16 Å². The molecule has 0 aliphatic carbocycles. The van der Waals surface area contributed by atoms with Crippen LogP contribution in [0.15, 0.2) is 103 Å². The second-order valence-corrected chi connectivity index (χ2v) is 10.7.